The van der Waals surface area contributed by atoms with Crippen LogP contribution in [-0.2, 0) is 26.1 Å². The molecule has 10 nitrogen and oxygen atoms in total. The van der Waals surface area contributed by atoms with E-state index in [9.17, 15) is 14.0 Å². The van der Waals surface area contributed by atoms with Crippen LogP contribution in [0.15, 0.2) is 63.8 Å². The molecule has 0 saturated carbocycles. The molecule has 3 aromatic heterocycles. The minimum atomic E-state index is -0.597. The summed E-state index contributed by atoms with van der Waals surface area (Å²) in [6, 6.07) is 15.4. The van der Waals surface area contributed by atoms with Crippen LogP contribution >= 0.6 is 0 Å². The van der Waals surface area contributed by atoms with Crippen LogP contribution in [0.25, 0.3) is 22.4 Å². The fourth-order valence-corrected chi connectivity index (χ4v) is 4.92. The first-order valence-electron chi connectivity index (χ1n) is 12.6. The van der Waals surface area contributed by atoms with Gasteiger partial charge in [-0.25, -0.2) is 9.49 Å². The van der Waals surface area contributed by atoms with E-state index in [-0.39, 0.29) is 17.7 Å². The molecule has 198 valence electrons. The van der Waals surface area contributed by atoms with Gasteiger partial charge < -0.3 is 18.8 Å². The molecule has 0 bridgehead atoms. The monoisotopic (exact) mass is 527 g/mol. The molecule has 4 heterocycles. The van der Waals surface area contributed by atoms with Crippen LogP contribution in [0.4, 0.5) is 4.39 Å². The Labute approximate surface area is 222 Å². The predicted molar refractivity (Wildman–Crippen MR) is 141 cm³/mol. The van der Waals surface area contributed by atoms with Gasteiger partial charge in [0.25, 0.3) is 11.5 Å². The molecule has 1 N–H and O–H groups in total. The number of benzene rings is 2. The van der Waals surface area contributed by atoms with Crippen LogP contribution in [0.5, 0.6) is 0 Å². The van der Waals surface area contributed by atoms with Gasteiger partial charge in [0.05, 0.1) is 29.7 Å². The molecule has 0 saturated heterocycles. The van der Waals surface area contributed by atoms with E-state index in [4.69, 9.17) is 4.42 Å². The van der Waals surface area contributed by atoms with Gasteiger partial charge in [-0.3, -0.25) is 9.59 Å². The summed E-state index contributed by atoms with van der Waals surface area (Å²) in [4.78, 5) is 29.1. The molecule has 1 amide bonds. The molecule has 2 aromatic carbocycles. The standard InChI is InChI=1S/C28H26FN7O3/c1-34(2)15-18-8-10-24(39-18)26-32-31-25-16-35(11-12-36(25)26)28(38)21-13-17(7-9-22(21)29)14-23-19-5-3-4-6-20(19)27(37)33-30-23/h3-10,13H,11-12,14-16H2,1-2H3,(H,33,37). The van der Waals surface area contributed by atoms with E-state index in [0.29, 0.717) is 60.1 Å². The van der Waals surface area contributed by atoms with E-state index in [2.05, 4.69) is 20.4 Å². The average Bonchev–Trinajstić information content (AvgIpc) is 3.57. The normalized spacial score (nSPS) is 13.3. The average molecular weight is 528 g/mol. The fraction of sp³-hybridized carbons (Fsp3) is 0.250. The fourth-order valence-electron chi connectivity index (χ4n) is 4.92. The van der Waals surface area contributed by atoms with Crippen molar-refractivity contribution in [3.05, 3.63) is 99.2 Å². The summed E-state index contributed by atoms with van der Waals surface area (Å²) < 4.78 is 22.7. The Morgan fingerprint density at radius 1 is 1.08 bits per heavy atom. The Hall–Kier alpha value is -4.64. The number of H-pyrrole nitrogens is 1. The Kier molecular flexibility index (Phi) is 6.27. The van der Waals surface area contributed by atoms with Crippen molar-refractivity contribution in [1.29, 1.82) is 0 Å². The summed E-state index contributed by atoms with van der Waals surface area (Å²) in [5, 5.41) is 16.5. The highest BCUT2D eigenvalue weighted by molar-refractivity contribution is 5.94. The number of halogens is 1. The number of hydrogen-bond donors (Lipinski definition) is 1. The van der Waals surface area contributed by atoms with Crippen molar-refractivity contribution in [2.45, 2.75) is 26.1 Å². The van der Waals surface area contributed by atoms with Gasteiger partial charge >= 0.3 is 0 Å². The molecule has 1 aliphatic rings. The number of nitrogens with one attached hydrogen (secondary N) is 1. The van der Waals surface area contributed by atoms with Crippen LogP contribution in [0, 0.1) is 5.82 Å². The highest BCUT2D eigenvalue weighted by Crippen LogP contribution is 2.26. The number of amides is 1. The van der Waals surface area contributed by atoms with Crippen molar-refractivity contribution < 1.29 is 13.6 Å². The SMILES string of the molecule is CN(C)Cc1ccc(-c2nnc3n2CCN(C(=O)c2cc(Cc4n[nH]c(=O)c5ccccc45)ccc2F)C3)o1. The van der Waals surface area contributed by atoms with Crippen molar-refractivity contribution in [1.82, 2.24) is 34.8 Å². The molecule has 5 aromatic rings. The lowest BCUT2D eigenvalue weighted by Crippen LogP contribution is -2.39. The van der Waals surface area contributed by atoms with Gasteiger partial charge in [0, 0.05) is 24.9 Å². The zero-order valence-corrected chi connectivity index (χ0v) is 21.5. The number of aromatic amines is 1. The third-order valence-corrected chi connectivity index (χ3v) is 6.80. The lowest BCUT2D eigenvalue weighted by molar-refractivity contribution is 0.0703. The van der Waals surface area contributed by atoms with Crippen molar-refractivity contribution in [2.24, 2.45) is 0 Å². The molecule has 0 spiro atoms. The van der Waals surface area contributed by atoms with Crippen LogP contribution < -0.4 is 5.56 Å². The van der Waals surface area contributed by atoms with Gasteiger partial charge in [0.15, 0.2) is 17.4 Å². The predicted octanol–water partition coefficient (Wildman–Crippen LogP) is 3.22. The first kappa shape index (κ1) is 24.7. The van der Waals surface area contributed by atoms with Crippen molar-refractivity contribution in [3.63, 3.8) is 0 Å². The summed E-state index contributed by atoms with van der Waals surface area (Å²) in [6.07, 6.45) is 0.328. The van der Waals surface area contributed by atoms with E-state index >= 15 is 0 Å². The molecule has 0 radical (unpaired) electrons. The zero-order chi connectivity index (χ0) is 27.1. The second-order valence-electron chi connectivity index (χ2n) is 9.86. The molecule has 1 aliphatic heterocycles. The van der Waals surface area contributed by atoms with E-state index < -0.39 is 11.7 Å². The Balaban J connectivity index is 1.22. The van der Waals surface area contributed by atoms with Gasteiger partial charge in [-0.1, -0.05) is 24.3 Å². The number of fused-ring (bicyclic) bond motifs is 2. The number of carbonyl (C=O) groups excluding carboxylic acids is 1. The molecule has 6 rings (SSSR count). The number of nitrogens with zero attached hydrogens (tertiary/aromatic N) is 6. The maximum atomic E-state index is 14.9. The van der Waals surface area contributed by atoms with Gasteiger partial charge in [-0.2, -0.15) is 5.10 Å². The topological polar surface area (TPSA) is 113 Å². The molecule has 0 aliphatic carbocycles. The number of carbonyl (C=O) groups is 1. The lowest BCUT2D eigenvalue weighted by atomic mass is 10.0. The van der Waals surface area contributed by atoms with Crippen LogP contribution in [-0.4, -0.2) is 61.3 Å². The molecule has 0 unspecified atom stereocenters. The maximum absolute atomic E-state index is 14.9. The second kappa shape index (κ2) is 9.91. The second-order valence-corrected chi connectivity index (χ2v) is 9.86. The number of hydrogen-bond acceptors (Lipinski definition) is 7. The quantitative estimate of drug-likeness (QED) is 0.361. The molecule has 0 fully saturated rings. The maximum Gasteiger partial charge on any atom is 0.272 e. The highest BCUT2D eigenvalue weighted by atomic mass is 19.1. The summed E-state index contributed by atoms with van der Waals surface area (Å²) in [5.41, 5.74) is 1.05. The van der Waals surface area contributed by atoms with E-state index in [1.54, 1.807) is 29.2 Å². The molecular weight excluding hydrogens is 501 g/mol. The minimum Gasteiger partial charge on any atom is -0.456 e. The summed E-state index contributed by atoms with van der Waals surface area (Å²) in [5.74, 6) is 1.63. The van der Waals surface area contributed by atoms with Crippen LogP contribution in [0.3, 0.4) is 0 Å². The summed E-state index contributed by atoms with van der Waals surface area (Å²) in [6.45, 7) is 1.70. The number of aromatic nitrogens is 5. The van der Waals surface area contributed by atoms with Gasteiger partial charge in [0.1, 0.15) is 11.6 Å². The minimum absolute atomic E-state index is 0.0196. The third-order valence-electron chi connectivity index (χ3n) is 6.80. The number of rotatable bonds is 6. The third kappa shape index (κ3) is 4.72. The smallest absolute Gasteiger partial charge is 0.272 e. The van der Waals surface area contributed by atoms with Crippen molar-refractivity contribution in [2.75, 3.05) is 20.6 Å². The first-order valence-corrected chi connectivity index (χ1v) is 12.6. The van der Waals surface area contributed by atoms with Gasteiger partial charge in [0.2, 0.25) is 0 Å². The van der Waals surface area contributed by atoms with E-state index in [1.165, 1.54) is 6.07 Å². The Morgan fingerprint density at radius 2 is 1.90 bits per heavy atom. The van der Waals surface area contributed by atoms with Crippen molar-refractivity contribution in [3.8, 4) is 11.6 Å². The first-order chi connectivity index (χ1) is 18.9. The Bertz CT molecular complexity index is 1750. The molecule has 0 atom stereocenters. The van der Waals surface area contributed by atoms with Gasteiger partial charge in [-0.15, -0.1) is 10.2 Å². The molecule has 39 heavy (non-hydrogen) atoms. The highest BCUT2D eigenvalue weighted by Gasteiger charge is 2.28. The van der Waals surface area contributed by atoms with E-state index in [1.807, 2.05) is 47.8 Å². The zero-order valence-electron chi connectivity index (χ0n) is 21.5. The van der Waals surface area contributed by atoms with E-state index in [0.717, 1.165) is 11.1 Å². The summed E-state index contributed by atoms with van der Waals surface area (Å²) >= 11 is 0. The van der Waals surface area contributed by atoms with Gasteiger partial charge in [-0.05, 0) is 50.0 Å². The largest absolute Gasteiger partial charge is 0.456 e. The number of furan rings is 1. The lowest BCUT2D eigenvalue weighted by Gasteiger charge is -2.28. The van der Waals surface area contributed by atoms with Crippen LogP contribution in [0.2, 0.25) is 0 Å². The molecular formula is C28H26FN7O3. The van der Waals surface area contributed by atoms with Crippen molar-refractivity contribution >= 4 is 16.7 Å². The summed E-state index contributed by atoms with van der Waals surface area (Å²) in [7, 11) is 3.93. The van der Waals surface area contributed by atoms with Crippen LogP contribution in [0.1, 0.15) is 33.2 Å². The Morgan fingerprint density at radius 3 is 2.72 bits per heavy atom. The molecule has 11 heteroatoms.